The zero-order chi connectivity index (χ0) is 10.4. The van der Waals surface area contributed by atoms with Crippen molar-refractivity contribution in [3.63, 3.8) is 0 Å². The highest BCUT2D eigenvalue weighted by Gasteiger charge is 2.02. The summed E-state index contributed by atoms with van der Waals surface area (Å²) in [5.41, 5.74) is 1.58. The van der Waals surface area contributed by atoms with Gasteiger partial charge in [-0.15, -0.1) is 0 Å². The van der Waals surface area contributed by atoms with Gasteiger partial charge in [0.15, 0.2) is 0 Å². The zero-order valence-electron chi connectivity index (χ0n) is 8.07. The number of esters is 1. The van der Waals surface area contributed by atoms with Crippen molar-refractivity contribution in [3.05, 3.63) is 54.1 Å². The lowest BCUT2D eigenvalue weighted by Crippen LogP contribution is -2.00. The number of benzene rings is 1. The van der Waals surface area contributed by atoms with Gasteiger partial charge >= 0.3 is 5.97 Å². The SMILES string of the molecule is C=C/C=C/c1ccc(C(=O)OC)cc1. The molecular weight excluding hydrogens is 176 g/mol. The Labute approximate surface area is 83.5 Å². The Hall–Kier alpha value is -1.83. The van der Waals surface area contributed by atoms with Gasteiger partial charge in [-0.05, 0) is 17.7 Å². The molecule has 0 aliphatic rings. The molecule has 1 rings (SSSR count). The number of carbonyl (C=O) groups excluding carboxylic acids is 1. The number of allylic oxidation sites excluding steroid dienone is 2. The van der Waals surface area contributed by atoms with E-state index in [1.54, 1.807) is 18.2 Å². The van der Waals surface area contributed by atoms with Crippen molar-refractivity contribution in [3.8, 4) is 0 Å². The molecule has 0 atom stereocenters. The Kier molecular flexibility index (Phi) is 3.68. The first-order valence-corrected chi connectivity index (χ1v) is 4.25. The highest BCUT2D eigenvalue weighted by atomic mass is 16.5. The van der Waals surface area contributed by atoms with E-state index < -0.39 is 0 Å². The van der Waals surface area contributed by atoms with Crippen LogP contribution in [0.2, 0.25) is 0 Å². The number of methoxy groups -OCH3 is 1. The van der Waals surface area contributed by atoms with E-state index in [0.717, 1.165) is 5.56 Å². The van der Waals surface area contributed by atoms with E-state index in [2.05, 4.69) is 11.3 Å². The van der Waals surface area contributed by atoms with Crippen LogP contribution in [0.5, 0.6) is 0 Å². The van der Waals surface area contributed by atoms with Gasteiger partial charge in [0.2, 0.25) is 0 Å². The third-order valence-electron chi connectivity index (χ3n) is 1.76. The molecule has 0 aliphatic heterocycles. The van der Waals surface area contributed by atoms with E-state index >= 15 is 0 Å². The van der Waals surface area contributed by atoms with Crippen LogP contribution >= 0.6 is 0 Å². The Morgan fingerprint density at radius 1 is 1.36 bits per heavy atom. The van der Waals surface area contributed by atoms with Gasteiger partial charge in [-0.2, -0.15) is 0 Å². The van der Waals surface area contributed by atoms with Crippen molar-refractivity contribution in [2.75, 3.05) is 7.11 Å². The molecule has 0 heterocycles. The molecule has 0 unspecified atom stereocenters. The number of hydrogen-bond acceptors (Lipinski definition) is 2. The van der Waals surface area contributed by atoms with Crippen molar-refractivity contribution < 1.29 is 9.53 Å². The normalized spacial score (nSPS) is 10.1. The van der Waals surface area contributed by atoms with E-state index in [1.165, 1.54) is 7.11 Å². The van der Waals surface area contributed by atoms with Crippen molar-refractivity contribution in [1.82, 2.24) is 0 Å². The van der Waals surface area contributed by atoms with Crippen LogP contribution < -0.4 is 0 Å². The molecule has 2 nitrogen and oxygen atoms in total. The van der Waals surface area contributed by atoms with E-state index in [4.69, 9.17) is 0 Å². The molecule has 0 radical (unpaired) electrons. The van der Waals surface area contributed by atoms with Crippen molar-refractivity contribution >= 4 is 12.0 Å². The molecule has 0 spiro atoms. The predicted octanol–water partition coefficient (Wildman–Crippen LogP) is 2.67. The van der Waals surface area contributed by atoms with Crippen molar-refractivity contribution in [1.29, 1.82) is 0 Å². The molecule has 1 aromatic rings. The number of carbonyl (C=O) groups is 1. The standard InChI is InChI=1S/C12H12O2/c1-3-4-5-10-6-8-11(9-7-10)12(13)14-2/h3-9H,1H2,2H3/b5-4+. The van der Waals surface area contributed by atoms with E-state index in [9.17, 15) is 4.79 Å². The van der Waals surface area contributed by atoms with Crippen LogP contribution in [0.3, 0.4) is 0 Å². The fourth-order valence-electron chi connectivity index (χ4n) is 1.03. The molecule has 14 heavy (non-hydrogen) atoms. The molecule has 0 saturated carbocycles. The van der Waals surface area contributed by atoms with Gasteiger partial charge < -0.3 is 4.74 Å². The molecular formula is C12H12O2. The first kappa shape index (κ1) is 10.3. The largest absolute Gasteiger partial charge is 0.465 e. The third kappa shape index (κ3) is 2.59. The number of ether oxygens (including phenoxy) is 1. The lowest BCUT2D eigenvalue weighted by molar-refractivity contribution is 0.0601. The minimum Gasteiger partial charge on any atom is -0.465 e. The van der Waals surface area contributed by atoms with Gasteiger partial charge in [0.1, 0.15) is 0 Å². The minimum absolute atomic E-state index is 0.316. The summed E-state index contributed by atoms with van der Waals surface area (Å²) < 4.78 is 4.58. The first-order valence-electron chi connectivity index (χ1n) is 4.25. The molecule has 0 aliphatic carbocycles. The molecule has 0 aromatic heterocycles. The van der Waals surface area contributed by atoms with Crippen LogP contribution in [0, 0.1) is 0 Å². The Morgan fingerprint density at radius 2 is 2.00 bits per heavy atom. The van der Waals surface area contributed by atoms with Crippen LogP contribution in [0.1, 0.15) is 15.9 Å². The summed E-state index contributed by atoms with van der Waals surface area (Å²) in [4.78, 5) is 11.1. The molecule has 0 saturated heterocycles. The lowest BCUT2D eigenvalue weighted by atomic mass is 10.1. The molecule has 2 heteroatoms. The summed E-state index contributed by atoms with van der Waals surface area (Å²) in [6.45, 7) is 3.57. The van der Waals surface area contributed by atoms with E-state index in [1.807, 2.05) is 24.3 Å². The van der Waals surface area contributed by atoms with Crippen LogP contribution in [0.4, 0.5) is 0 Å². The molecule has 0 N–H and O–H groups in total. The molecule has 72 valence electrons. The third-order valence-corrected chi connectivity index (χ3v) is 1.76. The Balaban J connectivity index is 2.83. The topological polar surface area (TPSA) is 26.3 Å². The summed E-state index contributed by atoms with van der Waals surface area (Å²) in [5, 5.41) is 0. The maximum absolute atomic E-state index is 11.1. The molecule has 0 amide bonds. The predicted molar refractivity (Wildman–Crippen MR) is 57.0 cm³/mol. The van der Waals surface area contributed by atoms with Crippen molar-refractivity contribution in [2.24, 2.45) is 0 Å². The van der Waals surface area contributed by atoms with Gasteiger partial charge in [-0.1, -0.05) is 36.9 Å². The minimum atomic E-state index is -0.316. The maximum atomic E-state index is 11.1. The molecule has 0 fully saturated rings. The average Bonchev–Trinajstić information content (AvgIpc) is 2.26. The molecule has 0 bridgehead atoms. The highest BCUT2D eigenvalue weighted by Crippen LogP contribution is 2.07. The summed E-state index contributed by atoms with van der Waals surface area (Å²) in [7, 11) is 1.37. The van der Waals surface area contributed by atoms with Crippen LogP contribution in [0.25, 0.3) is 6.08 Å². The summed E-state index contributed by atoms with van der Waals surface area (Å²) in [6, 6.07) is 7.17. The Morgan fingerprint density at radius 3 is 2.50 bits per heavy atom. The van der Waals surface area contributed by atoms with Gasteiger partial charge in [-0.3, -0.25) is 0 Å². The van der Waals surface area contributed by atoms with Gasteiger partial charge in [-0.25, -0.2) is 4.79 Å². The molecule has 1 aromatic carbocycles. The fraction of sp³-hybridized carbons (Fsp3) is 0.0833. The van der Waals surface area contributed by atoms with E-state index in [-0.39, 0.29) is 5.97 Å². The monoisotopic (exact) mass is 188 g/mol. The van der Waals surface area contributed by atoms with Gasteiger partial charge in [0.05, 0.1) is 12.7 Å². The van der Waals surface area contributed by atoms with Crippen LogP contribution in [0.15, 0.2) is 43.0 Å². The number of hydrogen-bond donors (Lipinski definition) is 0. The second kappa shape index (κ2) is 5.02. The summed E-state index contributed by atoms with van der Waals surface area (Å²) in [5.74, 6) is -0.316. The average molecular weight is 188 g/mol. The van der Waals surface area contributed by atoms with Crippen molar-refractivity contribution in [2.45, 2.75) is 0 Å². The zero-order valence-corrected chi connectivity index (χ0v) is 8.07. The Bertz CT molecular complexity index is 347. The number of rotatable bonds is 3. The maximum Gasteiger partial charge on any atom is 0.337 e. The quantitative estimate of drug-likeness (QED) is 0.538. The van der Waals surface area contributed by atoms with Gasteiger partial charge in [0, 0.05) is 0 Å². The second-order valence-corrected chi connectivity index (χ2v) is 2.71. The lowest BCUT2D eigenvalue weighted by Gasteiger charge is -1.98. The smallest absolute Gasteiger partial charge is 0.337 e. The second-order valence-electron chi connectivity index (χ2n) is 2.71. The van der Waals surface area contributed by atoms with Crippen LogP contribution in [-0.4, -0.2) is 13.1 Å². The van der Waals surface area contributed by atoms with Gasteiger partial charge in [0.25, 0.3) is 0 Å². The van der Waals surface area contributed by atoms with E-state index in [0.29, 0.717) is 5.56 Å². The fourth-order valence-corrected chi connectivity index (χ4v) is 1.03. The van der Waals surface area contributed by atoms with Crippen LogP contribution in [-0.2, 0) is 4.74 Å². The first-order chi connectivity index (χ1) is 6.77. The highest BCUT2D eigenvalue weighted by molar-refractivity contribution is 5.89. The summed E-state index contributed by atoms with van der Waals surface area (Å²) in [6.07, 6.45) is 5.45. The summed E-state index contributed by atoms with van der Waals surface area (Å²) >= 11 is 0.